The van der Waals surface area contributed by atoms with Gasteiger partial charge in [-0.2, -0.15) is 0 Å². The molecule has 0 spiro atoms. The van der Waals surface area contributed by atoms with Crippen molar-refractivity contribution in [3.8, 4) is 10.6 Å². The molecule has 1 aliphatic rings. The first-order chi connectivity index (χ1) is 15.1. The Labute approximate surface area is 186 Å². The van der Waals surface area contributed by atoms with E-state index in [1.54, 1.807) is 4.90 Å². The number of aryl methyl sites for hydroxylation is 1. The Hall–Kier alpha value is -3.06. The van der Waals surface area contributed by atoms with Crippen LogP contribution in [0.1, 0.15) is 43.2 Å². The van der Waals surface area contributed by atoms with Crippen molar-refractivity contribution in [2.75, 3.05) is 11.9 Å². The van der Waals surface area contributed by atoms with E-state index >= 15 is 0 Å². The number of hydrogen-bond acceptors (Lipinski definition) is 5. The minimum absolute atomic E-state index is 0.0176. The summed E-state index contributed by atoms with van der Waals surface area (Å²) in [5, 5.41) is 12.4. The van der Waals surface area contributed by atoms with Gasteiger partial charge in [0.15, 0.2) is 0 Å². The predicted octanol–water partition coefficient (Wildman–Crippen LogP) is 4.64. The molecule has 1 aliphatic heterocycles. The number of aromatic nitrogens is 2. The maximum absolute atomic E-state index is 13.3. The molecule has 1 aromatic heterocycles. The summed E-state index contributed by atoms with van der Waals surface area (Å²) >= 11 is 1.34. The van der Waals surface area contributed by atoms with E-state index in [4.69, 9.17) is 0 Å². The molecule has 0 bridgehead atoms. The van der Waals surface area contributed by atoms with Crippen LogP contribution in [0.3, 0.4) is 0 Å². The van der Waals surface area contributed by atoms with Crippen molar-refractivity contribution in [1.29, 1.82) is 0 Å². The second-order valence-corrected chi connectivity index (χ2v) is 8.81. The Morgan fingerprint density at radius 3 is 2.58 bits per heavy atom. The monoisotopic (exact) mass is 434 g/mol. The summed E-state index contributed by atoms with van der Waals surface area (Å²) in [6.07, 6.45) is 2.18. The van der Waals surface area contributed by atoms with Crippen LogP contribution >= 0.6 is 11.3 Å². The van der Waals surface area contributed by atoms with Crippen LogP contribution in [0, 0.1) is 6.92 Å². The molecule has 3 aromatic rings. The van der Waals surface area contributed by atoms with E-state index in [2.05, 4.69) is 15.5 Å². The van der Waals surface area contributed by atoms with Crippen LogP contribution in [-0.2, 0) is 9.59 Å². The number of amides is 2. The third kappa shape index (κ3) is 4.66. The second kappa shape index (κ2) is 9.39. The molecule has 0 radical (unpaired) electrons. The fourth-order valence-electron chi connectivity index (χ4n) is 4.02. The van der Waals surface area contributed by atoms with E-state index in [1.165, 1.54) is 16.9 Å². The Balaban J connectivity index is 1.46. The quantitative estimate of drug-likeness (QED) is 0.613. The molecule has 2 heterocycles. The molecule has 6 nitrogen and oxygen atoms in total. The third-order valence-electron chi connectivity index (χ3n) is 5.70. The van der Waals surface area contributed by atoms with Crippen LogP contribution in [0.5, 0.6) is 0 Å². The lowest BCUT2D eigenvalue weighted by Gasteiger charge is -2.27. The first-order valence-corrected chi connectivity index (χ1v) is 11.4. The molecule has 7 heteroatoms. The van der Waals surface area contributed by atoms with E-state index in [1.807, 2.05) is 68.4 Å². The van der Waals surface area contributed by atoms with Gasteiger partial charge in [-0.25, -0.2) is 0 Å². The summed E-state index contributed by atoms with van der Waals surface area (Å²) in [6.45, 7) is 4.64. The van der Waals surface area contributed by atoms with Crippen molar-refractivity contribution >= 4 is 28.3 Å². The standard InChI is InChI=1S/C24H26N4O2S/c1-3-19(17-8-5-4-6-9-17)23(30)28-15-7-10-20(28)21(29)25-24-27-26-22(31-24)18-13-11-16(2)12-14-18/h4-6,8-9,11-14,19-20H,3,7,10,15H2,1-2H3,(H,25,27,29). The molecule has 31 heavy (non-hydrogen) atoms. The molecule has 2 aromatic carbocycles. The topological polar surface area (TPSA) is 75.2 Å². The highest BCUT2D eigenvalue weighted by atomic mass is 32.1. The molecule has 0 aliphatic carbocycles. The molecule has 2 atom stereocenters. The molecular formula is C24H26N4O2S. The highest BCUT2D eigenvalue weighted by Gasteiger charge is 2.37. The molecule has 1 N–H and O–H groups in total. The lowest BCUT2D eigenvalue weighted by atomic mass is 9.94. The van der Waals surface area contributed by atoms with Gasteiger partial charge in [-0.1, -0.05) is 78.4 Å². The zero-order valence-electron chi connectivity index (χ0n) is 17.7. The van der Waals surface area contributed by atoms with Crippen LogP contribution < -0.4 is 5.32 Å². The zero-order chi connectivity index (χ0) is 21.8. The van der Waals surface area contributed by atoms with Crippen molar-refractivity contribution in [2.45, 2.75) is 45.1 Å². The van der Waals surface area contributed by atoms with Crippen molar-refractivity contribution < 1.29 is 9.59 Å². The van der Waals surface area contributed by atoms with Crippen molar-refractivity contribution in [2.24, 2.45) is 0 Å². The Kier molecular flexibility index (Phi) is 6.42. The average Bonchev–Trinajstić information content (AvgIpc) is 3.45. The van der Waals surface area contributed by atoms with Crippen molar-refractivity contribution in [3.63, 3.8) is 0 Å². The first-order valence-electron chi connectivity index (χ1n) is 10.6. The average molecular weight is 435 g/mol. The van der Waals surface area contributed by atoms with E-state index in [-0.39, 0.29) is 17.7 Å². The normalized spacial score (nSPS) is 16.8. The fourth-order valence-corrected chi connectivity index (χ4v) is 4.77. The number of nitrogens with zero attached hydrogens (tertiary/aromatic N) is 3. The van der Waals surface area contributed by atoms with Gasteiger partial charge in [-0.3, -0.25) is 14.9 Å². The van der Waals surface area contributed by atoms with Gasteiger partial charge in [-0.05, 0) is 31.7 Å². The Morgan fingerprint density at radius 1 is 1.13 bits per heavy atom. The van der Waals surface area contributed by atoms with Gasteiger partial charge in [0, 0.05) is 12.1 Å². The predicted molar refractivity (Wildman–Crippen MR) is 123 cm³/mol. The molecular weight excluding hydrogens is 408 g/mol. The fraction of sp³-hybridized carbons (Fsp3) is 0.333. The molecule has 160 valence electrons. The summed E-state index contributed by atoms with van der Waals surface area (Å²) in [4.78, 5) is 28.0. The smallest absolute Gasteiger partial charge is 0.249 e. The van der Waals surface area contributed by atoms with E-state index in [0.29, 0.717) is 24.5 Å². The minimum Gasteiger partial charge on any atom is -0.330 e. The van der Waals surface area contributed by atoms with E-state index in [0.717, 1.165) is 22.6 Å². The summed E-state index contributed by atoms with van der Waals surface area (Å²) in [5.74, 6) is -0.409. The van der Waals surface area contributed by atoms with Gasteiger partial charge in [0.1, 0.15) is 11.0 Å². The molecule has 1 saturated heterocycles. The van der Waals surface area contributed by atoms with Crippen LogP contribution in [-0.4, -0.2) is 39.5 Å². The maximum atomic E-state index is 13.3. The third-order valence-corrected chi connectivity index (χ3v) is 6.59. The van der Waals surface area contributed by atoms with E-state index in [9.17, 15) is 9.59 Å². The van der Waals surface area contributed by atoms with Crippen LogP contribution in [0.15, 0.2) is 54.6 Å². The summed E-state index contributed by atoms with van der Waals surface area (Å²) in [5.41, 5.74) is 3.14. The number of benzene rings is 2. The molecule has 2 amide bonds. The number of nitrogens with one attached hydrogen (secondary N) is 1. The van der Waals surface area contributed by atoms with E-state index < -0.39 is 6.04 Å². The lowest BCUT2D eigenvalue weighted by Crippen LogP contribution is -2.45. The number of carbonyl (C=O) groups excluding carboxylic acids is 2. The number of likely N-dealkylation sites (tertiary alicyclic amines) is 1. The zero-order valence-corrected chi connectivity index (χ0v) is 18.6. The van der Waals surface area contributed by atoms with Crippen LogP contribution in [0.25, 0.3) is 10.6 Å². The van der Waals surface area contributed by atoms with Crippen molar-refractivity contribution in [3.05, 3.63) is 65.7 Å². The van der Waals surface area contributed by atoms with Gasteiger partial charge >= 0.3 is 0 Å². The Bertz CT molecular complexity index is 1050. The van der Waals surface area contributed by atoms with Gasteiger partial charge in [0.25, 0.3) is 0 Å². The van der Waals surface area contributed by atoms with Gasteiger partial charge in [0.2, 0.25) is 16.9 Å². The molecule has 1 fully saturated rings. The van der Waals surface area contributed by atoms with Crippen LogP contribution in [0.2, 0.25) is 0 Å². The minimum atomic E-state index is -0.475. The number of hydrogen-bond donors (Lipinski definition) is 1. The van der Waals surface area contributed by atoms with Crippen molar-refractivity contribution in [1.82, 2.24) is 15.1 Å². The summed E-state index contributed by atoms with van der Waals surface area (Å²) in [6, 6.07) is 17.3. The Morgan fingerprint density at radius 2 is 1.87 bits per heavy atom. The molecule has 0 saturated carbocycles. The largest absolute Gasteiger partial charge is 0.330 e. The highest BCUT2D eigenvalue weighted by Crippen LogP contribution is 2.30. The highest BCUT2D eigenvalue weighted by molar-refractivity contribution is 7.18. The maximum Gasteiger partial charge on any atom is 0.249 e. The van der Waals surface area contributed by atoms with Gasteiger partial charge < -0.3 is 4.90 Å². The number of carbonyl (C=O) groups is 2. The number of anilines is 1. The van der Waals surface area contributed by atoms with Gasteiger partial charge in [0.05, 0.1) is 5.92 Å². The van der Waals surface area contributed by atoms with Crippen LogP contribution in [0.4, 0.5) is 5.13 Å². The second-order valence-electron chi connectivity index (χ2n) is 7.83. The summed E-state index contributed by atoms with van der Waals surface area (Å²) in [7, 11) is 0. The molecule has 2 unspecified atom stereocenters. The summed E-state index contributed by atoms with van der Waals surface area (Å²) < 4.78 is 0. The number of rotatable bonds is 6. The lowest BCUT2D eigenvalue weighted by molar-refractivity contribution is -0.138. The van der Waals surface area contributed by atoms with Gasteiger partial charge in [-0.15, -0.1) is 10.2 Å². The first kappa shape index (κ1) is 21.2. The molecule has 4 rings (SSSR count). The SMILES string of the molecule is CCC(C(=O)N1CCCC1C(=O)Nc1nnc(-c2ccc(C)cc2)s1)c1ccccc1.